The van der Waals surface area contributed by atoms with Crippen LogP contribution in [0.5, 0.6) is 0 Å². The first kappa shape index (κ1) is 12.1. The van der Waals surface area contributed by atoms with Gasteiger partial charge in [0.25, 0.3) is 0 Å². The van der Waals surface area contributed by atoms with Gasteiger partial charge >= 0.3 is 0 Å². The second-order valence-electron chi connectivity index (χ2n) is 4.65. The molecule has 3 heteroatoms. The van der Waals surface area contributed by atoms with E-state index in [-0.39, 0.29) is 0 Å². The molecule has 1 nitrogen and oxygen atoms in total. The molecule has 2 rings (SSSR count). The lowest BCUT2D eigenvalue weighted by atomic mass is 10.00. The van der Waals surface area contributed by atoms with Crippen molar-refractivity contribution in [2.45, 2.75) is 40.2 Å². The zero-order valence-corrected chi connectivity index (χ0v) is 12.6. The third kappa shape index (κ3) is 2.17. The minimum atomic E-state index is -0.411. The van der Waals surface area contributed by atoms with Gasteiger partial charge in [-0.25, -0.2) is 0 Å². The molecule has 0 unspecified atom stereocenters. The van der Waals surface area contributed by atoms with Crippen LogP contribution in [0.15, 0.2) is 6.07 Å². The van der Waals surface area contributed by atoms with Crippen molar-refractivity contribution in [1.82, 2.24) is 0 Å². The standard InChI is InChI=1S/C13H19OSi2/c1-9-8-13(12(4)11(3)10(9)2)16-7-5-6-14-15-16/h8H,5-7H2,1-4H3. The lowest BCUT2D eigenvalue weighted by Crippen LogP contribution is -2.43. The van der Waals surface area contributed by atoms with E-state index in [1.54, 1.807) is 5.19 Å². The highest BCUT2D eigenvalue weighted by Gasteiger charge is 2.23. The first-order valence-electron chi connectivity index (χ1n) is 5.92. The molecule has 1 aliphatic rings. The average Bonchev–Trinajstić information content (AvgIpc) is 2.32. The van der Waals surface area contributed by atoms with Crippen molar-refractivity contribution in [1.29, 1.82) is 0 Å². The fraction of sp³-hybridized carbons (Fsp3) is 0.538. The summed E-state index contributed by atoms with van der Waals surface area (Å²) in [6, 6.07) is 3.82. The highest BCUT2D eigenvalue weighted by molar-refractivity contribution is 7.17. The molecular weight excluding hydrogens is 228 g/mol. The van der Waals surface area contributed by atoms with E-state index >= 15 is 0 Å². The Kier molecular flexibility index (Phi) is 3.67. The van der Waals surface area contributed by atoms with Gasteiger partial charge in [-0.1, -0.05) is 17.3 Å². The molecule has 0 spiro atoms. The van der Waals surface area contributed by atoms with Crippen LogP contribution >= 0.6 is 0 Å². The van der Waals surface area contributed by atoms with Gasteiger partial charge in [0.05, 0.1) is 0 Å². The largest absolute Gasteiger partial charge is 0.421 e. The second-order valence-corrected chi connectivity index (χ2v) is 9.56. The van der Waals surface area contributed by atoms with E-state index in [9.17, 15) is 0 Å². The highest BCUT2D eigenvalue weighted by Crippen LogP contribution is 2.17. The maximum atomic E-state index is 5.67. The van der Waals surface area contributed by atoms with E-state index in [1.165, 1.54) is 34.7 Å². The molecule has 3 radical (unpaired) electrons. The van der Waals surface area contributed by atoms with Crippen LogP contribution < -0.4 is 5.19 Å². The van der Waals surface area contributed by atoms with Crippen LogP contribution in [0, 0.1) is 27.7 Å². The first-order valence-corrected chi connectivity index (χ1v) is 9.54. The summed E-state index contributed by atoms with van der Waals surface area (Å²) in [4.78, 5) is 0. The third-order valence-electron chi connectivity index (χ3n) is 3.68. The molecule has 0 aliphatic carbocycles. The predicted molar refractivity (Wildman–Crippen MR) is 71.9 cm³/mol. The van der Waals surface area contributed by atoms with E-state index in [1.807, 2.05) is 0 Å². The molecular formula is C13H19OSi2. The quantitative estimate of drug-likeness (QED) is 0.691. The van der Waals surface area contributed by atoms with Gasteiger partial charge < -0.3 is 4.43 Å². The number of rotatable bonds is 1. The monoisotopic (exact) mass is 247 g/mol. The Bertz CT molecular complexity index is 395. The zero-order valence-electron chi connectivity index (χ0n) is 10.6. The smallest absolute Gasteiger partial charge is 0.215 e. The molecule has 1 aromatic carbocycles. The van der Waals surface area contributed by atoms with Crippen molar-refractivity contribution in [2.75, 3.05) is 6.61 Å². The van der Waals surface area contributed by atoms with E-state index in [0.29, 0.717) is 0 Å². The summed E-state index contributed by atoms with van der Waals surface area (Å²) < 4.78 is 5.67. The first-order chi connectivity index (χ1) is 7.61. The highest BCUT2D eigenvalue weighted by atomic mass is 29.2. The molecule has 0 amide bonds. The summed E-state index contributed by atoms with van der Waals surface area (Å²) in [5.41, 5.74) is 5.92. The topological polar surface area (TPSA) is 9.23 Å². The Morgan fingerprint density at radius 3 is 2.50 bits per heavy atom. The Labute approximate surface area is 103 Å². The van der Waals surface area contributed by atoms with Gasteiger partial charge in [0.2, 0.25) is 9.28 Å². The summed E-state index contributed by atoms with van der Waals surface area (Å²) >= 11 is 0. The van der Waals surface area contributed by atoms with Crippen LogP contribution in [0.1, 0.15) is 28.7 Å². The summed E-state index contributed by atoms with van der Waals surface area (Å²) in [5.74, 6) is 0. The van der Waals surface area contributed by atoms with Crippen LogP contribution in [0.3, 0.4) is 0 Å². The van der Waals surface area contributed by atoms with E-state index < -0.39 is 8.31 Å². The van der Waals surface area contributed by atoms with Gasteiger partial charge in [0, 0.05) is 6.61 Å². The van der Waals surface area contributed by atoms with Gasteiger partial charge in [-0.05, 0) is 56.4 Å². The van der Waals surface area contributed by atoms with Crippen molar-refractivity contribution >= 4 is 22.8 Å². The van der Waals surface area contributed by atoms with Gasteiger partial charge in [-0.3, -0.25) is 0 Å². The Balaban J connectivity index is 2.40. The number of hydrogen-bond acceptors (Lipinski definition) is 1. The molecule has 16 heavy (non-hydrogen) atoms. The fourth-order valence-corrected chi connectivity index (χ4v) is 7.43. The maximum absolute atomic E-state index is 5.67. The van der Waals surface area contributed by atoms with E-state index in [0.717, 1.165) is 15.9 Å². The Hall–Kier alpha value is -0.386. The second kappa shape index (κ2) is 4.86. The molecule has 0 bridgehead atoms. The van der Waals surface area contributed by atoms with Gasteiger partial charge in [-0.15, -0.1) is 0 Å². The Morgan fingerprint density at radius 1 is 1.12 bits per heavy atom. The average molecular weight is 247 g/mol. The van der Waals surface area contributed by atoms with Crippen molar-refractivity contribution in [3.63, 3.8) is 0 Å². The molecule has 0 N–H and O–H groups in total. The summed E-state index contributed by atoms with van der Waals surface area (Å²) in [6.07, 6.45) is 1.26. The van der Waals surface area contributed by atoms with E-state index in [4.69, 9.17) is 4.43 Å². The normalized spacial score (nSPS) is 17.8. The molecule has 1 fully saturated rings. The maximum Gasteiger partial charge on any atom is 0.215 e. The zero-order chi connectivity index (χ0) is 11.7. The van der Waals surface area contributed by atoms with Crippen molar-refractivity contribution in [2.24, 2.45) is 0 Å². The van der Waals surface area contributed by atoms with Crippen molar-refractivity contribution < 1.29 is 4.43 Å². The minimum absolute atomic E-state index is 0.411. The molecule has 85 valence electrons. The van der Waals surface area contributed by atoms with E-state index in [2.05, 4.69) is 33.8 Å². The predicted octanol–water partition coefficient (Wildman–Crippen LogP) is 2.16. The Morgan fingerprint density at radius 2 is 1.88 bits per heavy atom. The molecule has 1 aromatic rings. The molecule has 1 saturated heterocycles. The summed E-state index contributed by atoms with van der Waals surface area (Å²) in [5, 5.41) is 1.63. The number of hydrogen-bond donors (Lipinski definition) is 0. The van der Waals surface area contributed by atoms with Gasteiger partial charge in [0.15, 0.2) is 0 Å². The van der Waals surface area contributed by atoms with Crippen molar-refractivity contribution in [3.8, 4) is 0 Å². The molecule has 0 aromatic heterocycles. The summed E-state index contributed by atoms with van der Waals surface area (Å²) in [6.45, 7) is 10.00. The molecule has 1 heterocycles. The molecule has 0 saturated carbocycles. The van der Waals surface area contributed by atoms with Crippen LogP contribution in [0.25, 0.3) is 0 Å². The number of aryl methyl sites for hydroxylation is 1. The SMILES string of the molecule is Cc1cc([Si]2CCCO[Si]2)c(C)c(C)c1C. The number of benzene rings is 1. The van der Waals surface area contributed by atoms with Crippen LogP contribution in [0.4, 0.5) is 0 Å². The summed E-state index contributed by atoms with van der Waals surface area (Å²) in [7, 11) is 0.347. The third-order valence-corrected chi connectivity index (χ3v) is 9.02. The van der Waals surface area contributed by atoms with Gasteiger partial charge in [-0.2, -0.15) is 0 Å². The van der Waals surface area contributed by atoms with Gasteiger partial charge in [0.1, 0.15) is 8.31 Å². The van der Waals surface area contributed by atoms with Crippen LogP contribution in [-0.4, -0.2) is 24.2 Å². The fourth-order valence-electron chi connectivity index (χ4n) is 2.23. The lowest BCUT2D eigenvalue weighted by Gasteiger charge is -2.23. The van der Waals surface area contributed by atoms with Crippen LogP contribution in [0.2, 0.25) is 6.04 Å². The molecule has 0 atom stereocenters. The van der Waals surface area contributed by atoms with Crippen molar-refractivity contribution in [3.05, 3.63) is 28.3 Å². The molecule has 1 aliphatic heterocycles. The van der Waals surface area contributed by atoms with Crippen LogP contribution in [-0.2, 0) is 4.43 Å². The minimum Gasteiger partial charge on any atom is -0.421 e. The lowest BCUT2D eigenvalue weighted by molar-refractivity contribution is 0.336.